The number of urea groups is 1. The fourth-order valence-electron chi connectivity index (χ4n) is 3.53. The van der Waals surface area contributed by atoms with Crippen molar-refractivity contribution in [3.05, 3.63) is 0 Å². The summed E-state index contributed by atoms with van der Waals surface area (Å²) >= 11 is 0. The number of hydrogen-bond donors (Lipinski definition) is 1. The van der Waals surface area contributed by atoms with Gasteiger partial charge < -0.3 is 19.9 Å². The Balaban J connectivity index is 1.80. The van der Waals surface area contributed by atoms with E-state index in [2.05, 4.69) is 5.32 Å². The molecule has 2 aliphatic rings. The first kappa shape index (κ1) is 21.6. The zero-order valence-corrected chi connectivity index (χ0v) is 16.7. The maximum absolute atomic E-state index is 12.5. The van der Waals surface area contributed by atoms with E-state index in [1.54, 1.807) is 4.90 Å². The lowest BCUT2D eigenvalue weighted by Gasteiger charge is -2.23. The molecule has 0 aromatic carbocycles. The van der Waals surface area contributed by atoms with Crippen molar-refractivity contribution >= 4 is 29.7 Å². The maximum Gasteiger partial charge on any atom is 0.326 e. The van der Waals surface area contributed by atoms with Crippen LogP contribution >= 0.6 is 0 Å². The summed E-state index contributed by atoms with van der Waals surface area (Å²) in [6, 6.07) is -0.614. The van der Waals surface area contributed by atoms with E-state index >= 15 is 0 Å². The molecule has 10 heteroatoms. The summed E-state index contributed by atoms with van der Waals surface area (Å²) in [5.74, 6) is -2.01. The number of hydrogen-bond acceptors (Lipinski definition) is 6. The Morgan fingerprint density at radius 2 is 1.71 bits per heavy atom. The normalized spacial score (nSPS) is 17.6. The van der Waals surface area contributed by atoms with Gasteiger partial charge in [-0.05, 0) is 26.7 Å². The number of carbonyl (C=O) groups excluding carboxylic acids is 5. The molecule has 1 heterocycles. The first-order chi connectivity index (χ1) is 13.2. The number of carbonyl (C=O) groups is 5. The van der Waals surface area contributed by atoms with E-state index in [0.717, 1.165) is 17.7 Å². The van der Waals surface area contributed by atoms with E-state index in [-0.39, 0.29) is 12.5 Å². The van der Waals surface area contributed by atoms with E-state index in [9.17, 15) is 24.0 Å². The minimum absolute atomic E-state index is 0.117. The zero-order valence-electron chi connectivity index (χ0n) is 16.7. The molecule has 10 nitrogen and oxygen atoms in total. The molecule has 1 saturated carbocycles. The summed E-state index contributed by atoms with van der Waals surface area (Å²) in [6.45, 7) is 3.55. The van der Waals surface area contributed by atoms with Crippen molar-refractivity contribution in [1.29, 1.82) is 0 Å². The summed E-state index contributed by atoms with van der Waals surface area (Å²) in [6.07, 6.45) is 2.81. The largest absolute Gasteiger partial charge is 0.454 e. The van der Waals surface area contributed by atoms with E-state index in [1.807, 2.05) is 13.8 Å². The summed E-state index contributed by atoms with van der Waals surface area (Å²) in [4.78, 5) is 64.2. The predicted octanol–water partition coefficient (Wildman–Crippen LogP) is -0.279. The molecule has 0 radical (unpaired) electrons. The Morgan fingerprint density at radius 1 is 1.11 bits per heavy atom. The first-order valence-electron chi connectivity index (χ1n) is 9.55. The minimum atomic E-state index is -0.891. The highest BCUT2D eigenvalue weighted by Crippen LogP contribution is 2.34. The molecule has 2 fully saturated rings. The van der Waals surface area contributed by atoms with Gasteiger partial charge >= 0.3 is 12.0 Å². The third kappa shape index (κ3) is 4.60. The lowest BCUT2D eigenvalue weighted by molar-refractivity contribution is -0.154. The Kier molecular flexibility index (Phi) is 6.98. The average Bonchev–Trinajstić information content (AvgIpc) is 3.21. The summed E-state index contributed by atoms with van der Waals surface area (Å²) in [5.41, 5.74) is -0.891. The molecule has 0 aromatic heterocycles. The van der Waals surface area contributed by atoms with Gasteiger partial charge in [-0.25, -0.2) is 4.79 Å². The SMILES string of the molecule is CCN(CC)C(=O)CN(C)C(=O)COC(=O)CN1C(=O)NC2(CCCC2)C1=O. The van der Waals surface area contributed by atoms with Crippen LogP contribution in [0.5, 0.6) is 0 Å². The summed E-state index contributed by atoms with van der Waals surface area (Å²) in [7, 11) is 1.44. The second kappa shape index (κ2) is 9.03. The van der Waals surface area contributed by atoms with E-state index in [0.29, 0.717) is 25.9 Å². The average molecular weight is 396 g/mol. The monoisotopic (exact) mass is 396 g/mol. The lowest BCUT2D eigenvalue weighted by Crippen LogP contribution is -2.45. The first-order valence-corrected chi connectivity index (χ1v) is 9.55. The fraction of sp³-hybridized carbons (Fsp3) is 0.722. The van der Waals surface area contributed by atoms with Crippen LogP contribution in [-0.4, -0.2) is 89.8 Å². The van der Waals surface area contributed by atoms with Crippen LogP contribution < -0.4 is 5.32 Å². The van der Waals surface area contributed by atoms with Crippen molar-refractivity contribution in [2.24, 2.45) is 0 Å². The molecule has 2 rings (SSSR count). The molecular formula is C18H28N4O6. The molecule has 1 spiro atoms. The van der Waals surface area contributed by atoms with Gasteiger partial charge in [-0.1, -0.05) is 12.8 Å². The minimum Gasteiger partial charge on any atom is -0.454 e. The molecule has 1 aliphatic carbocycles. The highest BCUT2D eigenvalue weighted by atomic mass is 16.5. The van der Waals surface area contributed by atoms with Crippen LogP contribution in [0.1, 0.15) is 39.5 Å². The highest BCUT2D eigenvalue weighted by Gasteiger charge is 2.52. The van der Waals surface area contributed by atoms with Gasteiger partial charge in [-0.2, -0.15) is 0 Å². The Labute approximate surface area is 164 Å². The van der Waals surface area contributed by atoms with Gasteiger partial charge in [0.25, 0.3) is 11.8 Å². The Morgan fingerprint density at radius 3 is 2.29 bits per heavy atom. The van der Waals surface area contributed by atoms with Crippen molar-refractivity contribution in [3.63, 3.8) is 0 Å². The van der Waals surface area contributed by atoms with Gasteiger partial charge in [-0.3, -0.25) is 24.1 Å². The number of amides is 5. The van der Waals surface area contributed by atoms with Crippen LogP contribution in [0.4, 0.5) is 4.79 Å². The zero-order chi connectivity index (χ0) is 20.9. The van der Waals surface area contributed by atoms with Crippen LogP contribution in [0, 0.1) is 0 Å². The standard InChI is InChI=1S/C18H28N4O6/c1-4-21(5-2)13(23)10-20(3)14(24)12-28-15(25)11-22-16(26)18(19-17(22)27)8-6-7-9-18/h4-12H2,1-3H3,(H,19,27). The van der Waals surface area contributed by atoms with E-state index in [1.165, 1.54) is 11.9 Å². The van der Waals surface area contributed by atoms with Crippen molar-refractivity contribution in [2.75, 3.05) is 39.8 Å². The fourth-order valence-corrected chi connectivity index (χ4v) is 3.53. The van der Waals surface area contributed by atoms with Crippen molar-refractivity contribution in [1.82, 2.24) is 20.0 Å². The molecule has 28 heavy (non-hydrogen) atoms. The molecule has 156 valence electrons. The van der Waals surface area contributed by atoms with Crippen LogP contribution in [0.25, 0.3) is 0 Å². The number of likely N-dealkylation sites (N-methyl/N-ethyl adjacent to an activating group) is 2. The van der Waals surface area contributed by atoms with Crippen LogP contribution in [0.15, 0.2) is 0 Å². The van der Waals surface area contributed by atoms with Gasteiger partial charge in [-0.15, -0.1) is 0 Å². The Hall–Kier alpha value is -2.65. The number of nitrogens with one attached hydrogen (secondary N) is 1. The molecule has 0 aromatic rings. The molecule has 1 N–H and O–H groups in total. The Bertz CT molecular complexity index is 654. The van der Waals surface area contributed by atoms with Crippen LogP contribution in [0.2, 0.25) is 0 Å². The van der Waals surface area contributed by atoms with Gasteiger partial charge in [0.2, 0.25) is 5.91 Å². The molecule has 1 aliphatic heterocycles. The molecule has 5 amide bonds. The van der Waals surface area contributed by atoms with Gasteiger partial charge in [0, 0.05) is 20.1 Å². The second-order valence-corrected chi connectivity index (χ2v) is 7.09. The topological polar surface area (TPSA) is 116 Å². The molecule has 0 unspecified atom stereocenters. The van der Waals surface area contributed by atoms with Crippen LogP contribution in [0.3, 0.4) is 0 Å². The van der Waals surface area contributed by atoms with Gasteiger partial charge in [0.1, 0.15) is 12.1 Å². The smallest absolute Gasteiger partial charge is 0.326 e. The number of rotatable bonds is 8. The number of esters is 1. The van der Waals surface area contributed by atoms with Crippen molar-refractivity contribution < 1.29 is 28.7 Å². The van der Waals surface area contributed by atoms with Crippen LogP contribution in [-0.2, 0) is 23.9 Å². The second-order valence-electron chi connectivity index (χ2n) is 7.09. The van der Waals surface area contributed by atoms with Crippen molar-refractivity contribution in [3.8, 4) is 0 Å². The quantitative estimate of drug-likeness (QED) is 0.446. The molecule has 0 atom stereocenters. The van der Waals surface area contributed by atoms with E-state index in [4.69, 9.17) is 4.74 Å². The number of ether oxygens (including phenoxy) is 1. The highest BCUT2D eigenvalue weighted by molar-refractivity contribution is 6.08. The predicted molar refractivity (Wildman–Crippen MR) is 98.0 cm³/mol. The summed E-state index contributed by atoms with van der Waals surface area (Å²) < 4.78 is 4.90. The number of imide groups is 1. The van der Waals surface area contributed by atoms with Gasteiger partial charge in [0.15, 0.2) is 6.61 Å². The number of nitrogens with zero attached hydrogens (tertiary/aromatic N) is 3. The molecule has 1 saturated heterocycles. The lowest BCUT2D eigenvalue weighted by atomic mass is 9.98. The van der Waals surface area contributed by atoms with E-state index < -0.39 is 42.5 Å². The summed E-state index contributed by atoms with van der Waals surface area (Å²) in [5, 5.41) is 2.67. The van der Waals surface area contributed by atoms with Gasteiger partial charge in [0.05, 0.1) is 6.54 Å². The maximum atomic E-state index is 12.5. The van der Waals surface area contributed by atoms with Crippen molar-refractivity contribution in [2.45, 2.75) is 45.1 Å². The molecular weight excluding hydrogens is 368 g/mol. The third-order valence-corrected chi connectivity index (χ3v) is 5.26. The molecule has 0 bridgehead atoms. The third-order valence-electron chi connectivity index (χ3n) is 5.26.